The number of aryl methyl sites for hydroxylation is 1. The molecule has 7 heteroatoms. The number of amides is 1. The van der Waals surface area contributed by atoms with Crippen molar-refractivity contribution in [2.75, 3.05) is 47.5 Å². The van der Waals surface area contributed by atoms with Crippen LogP contribution < -0.4 is 14.2 Å². The van der Waals surface area contributed by atoms with Crippen molar-refractivity contribution in [3.8, 4) is 17.2 Å². The van der Waals surface area contributed by atoms with E-state index in [0.717, 1.165) is 35.2 Å². The summed E-state index contributed by atoms with van der Waals surface area (Å²) in [4.78, 5) is 17.2. The van der Waals surface area contributed by atoms with Gasteiger partial charge in [-0.25, -0.2) is 0 Å². The van der Waals surface area contributed by atoms with Crippen LogP contribution in [0.25, 0.3) is 11.0 Å². The Kier molecular flexibility index (Phi) is 6.04. The van der Waals surface area contributed by atoms with Crippen molar-refractivity contribution in [3.63, 3.8) is 0 Å². The quantitative estimate of drug-likeness (QED) is 0.601. The number of carbonyl (C=O) groups is 1. The van der Waals surface area contributed by atoms with Gasteiger partial charge in [0.25, 0.3) is 5.91 Å². The summed E-state index contributed by atoms with van der Waals surface area (Å²) in [5.74, 6) is 2.31. The summed E-state index contributed by atoms with van der Waals surface area (Å²) >= 11 is 0. The monoisotopic (exact) mass is 424 g/mol. The minimum Gasteiger partial charge on any atom is -0.493 e. The second-order valence-corrected chi connectivity index (χ2v) is 7.61. The Morgan fingerprint density at radius 3 is 2.29 bits per heavy atom. The van der Waals surface area contributed by atoms with Crippen LogP contribution in [-0.4, -0.2) is 63.2 Å². The van der Waals surface area contributed by atoms with E-state index in [1.807, 2.05) is 48.2 Å². The molecule has 2 aromatic carbocycles. The fourth-order valence-corrected chi connectivity index (χ4v) is 4.16. The summed E-state index contributed by atoms with van der Waals surface area (Å²) in [5.41, 5.74) is 2.67. The molecule has 1 aliphatic rings. The fraction of sp³-hybridized carbons (Fsp3) is 0.375. The van der Waals surface area contributed by atoms with Gasteiger partial charge >= 0.3 is 0 Å². The van der Waals surface area contributed by atoms with E-state index in [2.05, 4.69) is 4.90 Å². The first-order valence-corrected chi connectivity index (χ1v) is 10.3. The molecule has 164 valence electrons. The van der Waals surface area contributed by atoms with E-state index in [0.29, 0.717) is 42.6 Å². The molecule has 2 heterocycles. The number of methoxy groups -OCH3 is 3. The molecule has 1 saturated heterocycles. The smallest absolute Gasteiger partial charge is 0.289 e. The van der Waals surface area contributed by atoms with Crippen molar-refractivity contribution in [1.29, 1.82) is 0 Å². The number of furan rings is 1. The number of rotatable bonds is 6. The highest BCUT2D eigenvalue weighted by Gasteiger charge is 2.27. The zero-order chi connectivity index (χ0) is 22.0. The van der Waals surface area contributed by atoms with E-state index in [9.17, 15) is 4.79 Å². The van der Waals surface area contributed by atoms with Gasteiger partial charge in [-0.2, -0.15) is 0 Å². The summed E-state index contributed by atoms with van der Waals surface area (Å²) in [5, 5.41) is 0.991. The molecule has 31 heavy (non-hydrogen) atoms. The van der Waals surface area contributed by atoms with E-state index >= 15 is 0 Å². The molecule has 4 rings (SSSR count). The highest BCUT2D eigenvalue weighted by atomic mass is 16.5. The van der Waals surface area contributed by atoms with E-state index in [1.165, 1.54) is 0 Å². The third-order valence-electron chi connectivity index (χ3n) is 5.88. The highest BCUT2D eigenvalue weighted by Crippen LogP contribution is 2.40. The minimum absolute atomic E-state index is 0.0444. The summed E-state index contributed by atoms with van der Waals surface area (Å²) in [6, 6.07) is 11.6. The average molecular weight is 424 g/mol. The molecule has 0 saturated carbocycles. The molecule has 1 aliphatic heterocycles. The van der Waals surface area contributed by atoms with Crippen LogP contribution >= 0.6 is 0 Å². The molecule has 7 nitrogen and oxygen atoms in total. The normalized spacial score (nSPS) is 14.6. The van der Waals surface area contributed by atoms with Crippen molar-refractivity contribution in [2.45, 2.75) is 13.5 Å². The number of para-hydroxylation sites is 1. The number of carbonyl (C=O) groups excluding carboxylic acids is 1. The van der Waals surface area contributed by atoms with Crippen LogP contribution in [0, 0.1) is 6.92 Å². The van der Waals surface area contributed by atoms with Crippen LogP contribution in [0.3, 0.4) is 0 Å². The van der Waals surface area contributed by atoms with Gasteiger partial charge in [-0.15, -0.1) is 0 Å². The predicted molar refractivity (Wildman–Crippen MR) is 118 cm³/mol. The summed E-state index contributed by atoms with van der Waals surface area (Å²) in [6.07, 6.45) is 0. The lowest BCUT2D eigenvalue weighted by atomic mass is 10.1. The lowest BCUT2D eigenvalue weighted by Crippen LogP contribution is -2.48. The van der Waals surface area contributed by atoms with Gasteiger partial charge in [0.1, 0.15) is 5.58 Å². The van der Waals surface area contributed by atoms with Crippen molar-refractivity contribution in [1.82, 2.24) is 9.80 Å². The molecular weight excluding hydrogens is 396 g/mol. The largest absolute Gasteiger partial charge is 0.493 e. The van der Waals surface area contributed by atoms with Gasteiger partial charge in [0, 0.05) is 49.2 Å². The van der Waals surface area contributed by atoms with Gasteiger partial charge < -0.3 is 23.5 Å². The first kappa shape index (κ1) is 21.1. The Bertz CT molecular complexity index is 1080. The Balaban J connectivity index is 1.44. The lowest BCUT2D eigenvalue weighted by Gasteiger charge is -2.34. The van der Waals surface area contributed by atoms with E-state index in [4.69, 9.17) is 18.6 Å². The second-order valence-electron chi connectivity index (χ2n) is 7.61. The summed E-state index contributed by atoms with van der Waals surface area (Å²) in [7, 11) is 4.85. The third-order valence-corrected chi connectivity index (χ3v) is 5.88. The number of hydrogen-bond acceptors (Lipinski definition) is 6. The van der Waals surface area contributed by atoms with Gasteiger partial charge in [-0.3, -0.25) is 9.69 Å². The molecule has 0 atom stereocenters. The Hall–Kier alpha value is -3.19. The van der Waals surface area contributed by atoms with E-state index in [-0.39, 0.29) is 5.91 Å². The maximum atomic E-state index is 13.1. The maximum absolute atomic E-state index is 13.1. The van der Waals surface area contributed by atoms with Crippen molar-refractivity contribution in [3.05, 3.63) is 53.3 Å². The predicted octanol–water partition coefficient (Wildman–Crippen LogP) is 3.73. The maximum Gasteiger partial charge on any atom is 0.289 e. The topological polar surface area (TPSA) is 64.4 Å². The first-order valence-electron chi connectivity index (χ1n) is 10.3. The number of benzene rings is 2. The van der Waals surface area contributed by atoms with Gasteiger partial charge in [0.05, 0.1) is 21.3 Å². The van der Waals surface area contributed by atoms with Crippen LogP contribution in [0.5, 0.6) is 17.2 Å². The number of fused-ring (bicyclic) bond motifs is 1. The average Bonchev–Trinajstić information content (AvgIpc) is 3.15. The van der Waals surface area contributed by atoms with E-state index in [1.54, 1.807) is 21.3 Å². The Morgan fingerprint density at radius 2 is 1.65 bits per heavy atom. The lowest BCUT2D eigenvalue weighted by molar-refractivity contribution is 0.0598. The minimum atomic E-state index is -0.0444. The zero-order valence-electron chi connectivity index (χ0n) is 18.4. The number of piperazine rings is 1. The summed E-state index contributed by atoms with van der Waals surface area (Å²) < 4.78 is 22.3. The zero-order valence-corrected chi connectivity index (χ0v) is 18.4. The highest BCUT2D eigenvalue weighted by molar-refractivity contribution is 5.99. The van der Waals surface area contributed by atoms with Crippen molar-refractivity contribution < 1.29 is 23.4 Å². The molecule has 0 spiro atoms. The van der Waals surface area contributed by atoms with Gasteiger partial charge in [-0.1, -0.05) is 24.3 Å². The Morgan fingerprint density at radius 1 is 0.935 bits per heavy atom. The van der Waals surface area contributed by atoms with Crippen LogP contribution in [0.4, 0.5) is 0 Å². The standard InChI is InChI=1S/C24H28N2O5/c1-16-18-7-5-6-8-19(18)31-21(16)24(27)26-13-11-25(12-14-26)15-17-9-10-20(28-2)23(30-4)22(17)29-3/h5-10H,11-15H2,1-4H3. The Labute approximate surface area is 182 Å². The van der Waals surface area contributed by atoms with E-state index < -0.39 is 0 Å². The molecule has 1 amide bonds. The molecule has 0 radical (unpaired) electrons. The fourth-order valence-electron chi connectivity index (χ4n) is 4.16. The molecule has 0 N–H and O–H groups in total. The molecule has 0 aliphatic carbocycles. The number of nitrogens with zero attached hydrogens (tertiary/aromatic N) is 2. The molecule has 0 bridgehead atoms. The molecule has 1 aromatic heterocycles. The number of ether oxygens (including phenoxy) is 3. The molecule has 3 aromatic rings. The van der Waals surface area contributed by atoms with Crippen molar-refractivity contribution in [2.24, 2.45) is 0 Å². The molecular formula is C24H28N2O5. The van der Waals surface area contributed by atoms with Crippen LogP contribution in [0.2, 0.25) is 0 Å². The van der Waals surface area contributed by atoms with Gasteiger partial charge in [0.15, 0.2) is 17.3 Å². The summed E-state index contributed by atoms with van der Waals surface area (Å²) in [6.45, 7) is 5.47. The van der Waals surface area contributed by atoms with Crippen molar-refractivity contribution >= 4 is 16.9 Å². The van der Waals surface area contributed by atoms with Crippen LogP contribution in [-0.2, 0) is 6.54 Å². The first-order chi connectivity index (χ1) is 15.1. The molecule has 0 unspecified atom stereocenters. The van der Waals surface area contributed by atoms with Crippen LogP contribution in [0.1, 0.15) is 21.7 Å². The molecule has 1 fully saturated rings. The van der Waals surface area contributed by atoms with Gasteiger partial charge in [-0.05, 0) is 19.1 Å². The van der Waals surface area contributed by atoms with Gasteiger partial charge in [0.2, 0.25) is 5.75 Å². The SMILES string of the molecule is COc1ccc(CN2CCN(C(=O)c3oc4ccccc4c3C)CC2)c(OC)c1OC. The number of hydrogen-bond donors (Lipinski definition) is 0. The van der Waals surface area contributed by atoms with Crippen LogP contribution in [0.15, 0.2) is 40.8 Å². The third kappa shape index (κ3) is 3.93. The second kappa shape index (κ2) is 8.89.